The second-order valence-electron chi connectivity index (χ2n) is 5.19. The number of amides is 1. The highest BCUT2D eigenvalue weighted by Gasteiger charge is 2.17. The molecule has 0 spiro atoms. The van der Waals surface area contributed by atoms with Gasteiger partial charge in [0.15, 0.2) is 0 Å². The van der Waals surface area contributed by atoms with Crippen molar-refractivity contribution in [3.8, 4) is 5.69 Å². The van der Waals surface area contributed by atoms with Crippen LogP contribution in [0, 0.1) is 0 Å². The van der Waals surface area contributed by atoms with Gasteiger partial charge >= 0.3 is 5.97 Å². The average molecular weight is 350 g/mol. The van der Waals surface area contributed by atoms with Gasteiger partial charge in [0.25, 0.3) is 5.91 Å². The van der Waals surface area contributed by atoms with Gasteiger partial charge in [0.2, 0.25) is 0 Å². The molecule has 128 valence electrons. The Hall–Kier alpha value is -2.34. The van der Waals surface area contributed by atoms with Crippen LogP contribution in [-0.2, 0) is 16.0 Å². The van der Waals surface area contributed by atoms with E-state index in [1.165, 1.54) is 7.11 Å². The lowest BCUT2D eigenvalue weighted by molar-refractivity contribution is -0.140. The Bertz CT molecular complexity index is 728. The molecule has 1 heterocycles. The number of nitrogens with zero attached hydrogens (tertiary/aromatic N) is 2. The Morgan fingerprint density at radius 2 is 2.17 bits per heavy atom. The number of hydrogen-bond acceptors (Lipinski definition) is 4. The third-order valence-electron chi connectivity index (χ3n) is 3.57. The second kappa shape index (κ2) is 8.49. The summed E-state index contributed by atoms with van der Waals surface area (Å²) in [6, 6.07) is 7.31. The molecule has 0 atom stereocenters. The predicted molar refractivity (Wildman–Crippen MR) is 91.5 cm³/mol. The number of benzene rings is 1. The zero-order chi connectivity index (χ0) is 17.5. The fraction of sp³-hybridized carbons (Fsp3) is 0.353. The van der Waals surface area contributed by atoms with Crippen LogP contribution in [0.15, 0.2) is 30.5 Å². The molecule has 2 aromatic rings. The van der Waals surface area contributed by atoms with Crippen LogP contribution in [0.5, 0.6) is 0 Å². The molecular weight excluding hydrogens is 330 g/mol. The predicted octanol–water partition coefficient (Wildman–Crippen LogP) is 2.77. The molecule has 7 heteroatoms. The Morgan fingerprint density at radius 3 is 2.83 bits per heavy atom. The number of carbonyl (C=O) groups is 2. The first-order valence-electron chi connectivity index (χ1n) is 7.74. The number of carbonyl (C=O) groups excluding carboxylic acids is 2. The van der Waals surface area contributed by atoms with E-state index in [1.807, 2.05) is 19.1 Å². The molecule has 0 radical (unpaired) electrons. The summed E-state index contributed by atoms with van der Waals surface area (Å²) in [7, 11) is 1.35. The first kappa shape index (κ1) is 18.0. The summed E-state index contributed by atoms with van der Waals surface area (Å²) in [5, 5.41) is 7.73. The van der Waals surface area contributed by atoms with Crippen molar-refractivity contribution in [1.29, 1.82) is 0 Å². The van der Waals surface area contributed by atoms with Crippen molar-refractivity contribution in [3.63, 3.8) is 0 Å². The van der Waals surface area contributed by atoms with E-state index >= 15 is 0 Å². The van der Waals surface area contributed by atoms with E-state index in [0.717, 1.165) is 11.4 Å². The summed E-state index contributed by atoms with van der Waals surface area (Å²) in [6.45, 7) is 2.37. The van der Waals surface area contributed by atoms with Crippen LogP contribution in [0.3, 0.4) is 0 Å². The molecule has 24 heavy (non-hydrogen) atoms. The zero-order valence-corrected chi connectivity index (χ0v) is 14.5. The normalized spacial score (nSPS) is 10.5. The van der Waals surface area contributed by atoms with Crippen molar-refractivity contribution >= 4 is 23.5 Å². The lowest BCUT2D eigenvalue weighted by Gasteiger charge is -2.09. The van der Waals surface area contributed by atoms with Crippen molar-refractivity contribution in [1.82, 2.24) is 15.1 Å². The summed E-state index contributed by atoms with van der Waals surface area (Å²) >= 11 is 6.02. The lowest BCUT2D eigenvalue weighted by Crippen LogP contribution is -2.25. The van der Waals surface area contributed by atoms with Crippen LogP contribution in [0.4, 0.5) is 0 Å². The van der Waals surface area contributed by atoms with E-state index in [9.17, 15) is 9.59 Å². The number of esters is 1. The van der Waals surface area contributed by atoms with E-state index in [4.69, 9.17) is 11.6 Å². The van der Waals surface area contributed by atoms with Crippen molar-refractivity contribution in [2.24, 2.45) is 0 Å². The number of nitrogens with one attached hydrogen (secondary N) is 1. The van der Waals surface area contributed by atoms with Gasteiger partial charge in [-0.15, -0.1) is 0 Å². The quantitative estimate of drug-likeness (QED) is 0.616. The van der Waals surface area contributed by atoms with Crippen molar-refractivity contribution < 1.29 is 14.3 Å². The Balaban J connectivity index is 2.08. The molecule has 1 N–H and O–H groups in total. The van der Waals surface area contributed by atoms with E-state index in [0.29, 0.717) is 30.0 Å². The molecule has 0 saturated carbocycles. The van der Waals surface area contributed by atoms with E-state index in [-0.39, 0.29) is 18.3 Å². The molecule has 0 saturated heterocycles. The van der Waals surface area contributed by atoms with Gasteiger partial charge in [0.05, 0.1) is 30.3 Å². The van der Waals surface area contributed by atoms with Gasteiger partial charge < -0.3 is 10.1 Å². The molecule has 1 amide bonds. The van der Waals surface area contributed by atoms with Gasteiger partial charge in [-0.3, -0.25) is 9.59 Å². The highest BCUT2D eigenvalue weighted by atomic mass is 35.5. The number of ether oxygens (including phenoxy) is 1. The fourth-order valence-electron chi connectivity index (χ4n) is 2.37. The monoisotopic (exact) mass is 349 g/mol. The summed E-state index contributed by atoms with van der Waals surface area (Å²) in [6.07, 6.45) is 3.01. The lowest BCUT2D eigenvalue weighted by atomic mass is 10.2. The molecule has 0 aliphatic rings. The molecule has 1 aromatic carbocycles. The highest BCUT2D eigenvalue weighted by molar-refractivity contribution is 6.30. The number of methoxy groups -OCH3 is 1. The Labute approximate surface area is 145 Å². The molecule has 2 rings (SSSR count). The smallest absolute Gasteiger partial charge is 0.305 e. The third-order valence-corrected chi connectivity index (χ3v) is 3.81. The van der Waals surface area contributed by atoms with Crippen LogP contribution in [0.1, 0.15) is 35.8 Å². The zero-order valence-electron chi connectivity index (χ0n) is 13.7. The van der Waals surface area contributed by atoms with Gasteiger partial charge in [0.1, 0.15) is 0 Å². The van der Waals surface area contributed by atoms with Crippen molar-refractivity contribution in [3.05, 3.63) is 46.7 Å². The van der Waals surface area contributed by atoms with Crippen molar-refractivity contribution in [2.75, 3.05) is 13.7 Å². The third kappa shape index (κ3) is 4.35. The van der Waals surface area contributed by atoms with Crippen LogP contribution in [0.25, 0.3) is 5.69 Å². The second-order valence-corrected chi connectivity index (χ2v) is 5.62. The maximum atomic E-state index is 12.3. The van der Waals surface area contributed by atoms with E-state index in [1.54, 1.807) is 23.0 Å². The van der Waals surface area contributed by atoms with Crippen LogP contribution in [0.2, 0.25) is 5.02 Å². The van der Waals surface area contributed by atoms with Gasteiger partial charge in [-0.2, -0.15) is 5.10 Å². The van der Waals surface area contributed by atoms with Crippen LogP contribution in [-0.4, -0.2) is 35.3 Å². The number of aromatic nitrogens is 2. The largest absolute Gasteiger partial charge is 0.469 e. The molecule has 0 aliphatic carbocycles. The summed E-state index contributed by atoms with van der Waals surface area (Å²) in [5.74, 6) is -0.489. The van der Waals surface area contributed by atoms with E-state index < -0.39 is 0 Å². The minimum Gasteiger partial charge on any atom is -0.469 e. The van der Waals surface area contributed by atoms with Gasteiger partial charge in [-0.05, 0) is 31.0 Å². The average Bonchev–Trinajstić information content (AvgIpc) is 3.02. The standard InChI is InChI=1S/C17H20ClN3O3/c1-3-15-14(17(23)19-9-5-8-16(22)24-2)11-20-21(15)13-7-4-6-12(18)10-13/h4,6-7,10-11H,3,5,8-9H2,1-2H3,(H,19,23). The molecule has 0 unspecified atom stereocenters. The number of rotatable bonds is 7. The SMILES string of the molecule is CCc1c(C(=O)NCCCC(=O)OC)cnn1-c1cccc(Cl)c1. The summed E-state index contributed by atoms with van der Waals surface area (Å²) in [4.78, 5) is 23.4. The maximum Gasteiger partial charge on any atom is 0.305 e. The van der Waals surface area contributed by atoms with E-state index in [2.05, 4.69) is 15.2 Å². The molecule has 0 fully saturated rings. The van der Waals surface area contributed by atoms with Gasteiger partial charge in [-0.25, -0.2) is 4.68 Å². The van der Waals surface area contributed by atoms with Crippen LogP contribution < -0.4 is 5.32 Å². The van der Waals surface area contributed by atoms with Gasteiger partial charge in [0, 0.05) is 18.0 Å². The Morgan fingerprint density at radius 1 is 1.38 bits per heavy atom. The number of hydrogen-bond donors (Lipinski definition) is 1. The summed E-state index contributed by atoms with van der Waals surface area (Å²) in [5.41, 5.74) is 2.14. The number of halogens is 1. The van der Waals surface area contributed by atoms with Gasteiger partial charge in [-0.1, -0.05) is 24.6 Å². The molecule has 0 bridgehead atoms. The summed E-state index contributed by atoms with van der Waals surface area (Å²) < 4.78 is 6.28. The van der Waals surface area contributed by atoms with Crippen LogP contribution >= 0.6 is 11.6 Å². The molecule has 1 aromatic heterocycles. The maximum absolute atomic E-state index is 12.3. The fourth-order valence-corrected chi connectivity index (χ4v) is 2.55. The first-order valence-corrected chi connectivity index (χ1v) is 8.12. The minimum atomic E-state index is -0.285. The minimum absolute atomic E-state index is 0.204. The van der Waals surface area contributed by atoms with Crippen molar-refractivity contribution in [2.45, 2.75) is 26.2 Å². The first-order chi connectivity index (χ1) is 11.6. The molecular formula is C17H20ClN3O3. The molecule has 0 aliphatic heterocycles. The topological polar surface area (TPSA) is 73.2 Å². The highest BCUT2D eigenvalue weighted by Crippen LogP contribution is 2.19. The molecule has 6 nitrogen and oxygen atoms in total. The Kier molecular flexibility index (Phi) is 6.37.